The van der Waals surface area contributed by atoms with Crippen LogP contribution in [-0.4, -0.2) is 66.0 Å². The molecule has 4 aromatic rings. The fourth-order valence-electron chi connectivity index (χ4n) is 5.29. The zero-order valence-electron chi connectivity index (χ0n) is 23.6. The average Bonchev–Trinajstić information content (AvgIpc) is 3.58. The fraction of sp³-hybridized carbons (Fsp3) is 0.367. The van der Waals surface area contributed by atoms with Crippen LogP contribution in [0.15, 0.2) is 47.3 Å². The maximum Gasteiger partial charge on any atom is 0.272 e. The summed E-state index contributed by atoms with van der Waals surface area (Å²) in [5, 5.41) is 11.2. The molecule has 216 valence electrons. The molecule has 2 aliphatic rings. The van der Waals surface area contributed by atoms with Gasteiger partial charge in [0, 0.05) is 35.9 Å². The smallest absolute Gasteiger partial charge is 0.272 e. The first-order chi connectivity index (χ1) is 20.2. The number of amides is 3. The van der Waals surface area contributed by atoms with E-state index in [9.17, 15) is 14.4 Å². The summed E-state index contributed by atoms with van der Waals surface area (Å²) in [5.74, 6) is 0.487. The van der Waals surface area contributed by atoms with Gasteiger partial charge in [0.1, 0.15) is 28.8 Å². The lowest BCUT2D eigenvalue weighted by molar-refractivity contribution is -0.137. The number of fused-ring (bicyclic) bond motifs is 1. The molecule has 12 heteroatoms. The van der Waals surface area contributed by atoms with Crippen molar-refractivity contribution in [1.29, 1.82) is 0 Å². The molecule has 3 amide bonds. The van der Waals surface area contributed by atoms with Crippen LogP contribution < -0.4 is 10.6 Å². The number of nitrogens with zero attached hydrogens (tertiary/aromatic N) is 6. The van der Waals surface area contributed by atoms with Gasteiger partial charge in [0.2, 0.25) is 11.8 Å². The van der Waals surface area contributed by atoms with Gasteiger partial charge in [-0.3, -0.25) is 19.1 Å². The molecule has 1 aromatic carbocycles. The molecule has 1 aliphatic carbocycles. The van der Waals surface area contributed by atoms with Crippen molar-refractivity contribution >= 4 is 50.4 Å². The number of hydrogen-bond acceptors (Lipinski definition) is 7. The second-order valence-electron chi connectivity index (χ2n) is 11.2. The van der Waals surface area contributed by atoms with E-state index in [4.69, 9.17) is 0 Å². The molecule has 1 aliphatic heterocycles. The first kappa shape index (κ1) is 28.0. The number of hydrogen-bond donors (Lipinski definition) is 2. The number of halogens is 1. The molecule has 6 rings (SSSR count). The molecular weight excluding hydrogens is 600 g/mol. The minimum atomic E-state index is -0.639. The Labute approximate surface area is 251 Å². The van der Waals surface area contributed by atoms with Gasteiger partial charge in [-0.05, 0) is 84.3 Å². The van der Waals surface area contributed by atoms with E-state index in [1.165, 1.54) is 0 Å². The predicted octanol–water partition coefficient (Wildman–Crippen LogP) is 4.04. The molecule has 2 unspecified atom stereocenters. The topological polar surface area (TPSA) is 135 Å². The van der Waals surface area contributed by atoms with Crippen LogP contribution in [0.4, 0.5) is 5.82 Å². The molecule has 0 bridgehead atoms. The van der Waals surface area contributed by atoms with Crippen molar-refractivity contribution in [2.45, 2.75) is 58.7 Å². The lowest BCUT2D eigenvalue weighted by atomic mass is 10.1. The molecule has 1 saturated carbocycles. The van der Waals surface area contributed by atoms with Crippen molar-refractivity contribution in [3.05, 3.63) is 64.4 Å². The molecular formula is C30H31BrN8O3. The van der Waals surface area contributed by atoms with E-state index >= 15 is 0 Å². The van der Waals surface area contributed by atoms with E-state index in [2.05, 4.69) is 46.6 Å². The molecule has 1 saturated heterocycles. The zero-order valence-corrected chi connectivity index (χ0v) is 25.2. The number of likely N-dealkylation sites (tertiary alicyclic amines) is 1. The Bertz CT molecular complexity index is 1700. The fourth-order valence-corrected chi connectivity index (χ4v) is 5.60. The average molecular weight is 632 g/mol. The van der Waals surface area contributed by atoms with Crippen molar-refractivity contribution in [2.75, 3.05) is 11.9 Å². The van der Waals surface area contributed by atoms with Gasteiger partial charge in [-0.2, -0.15) is 5.10 Å². The third-order valence-corrected chi connectivity index (χ3v) is 8.16. The monoisotopic (exact) mass is 630 g/mol. The Morgan fingerprint density at radius 1 is 1.05 bits per heavy atom. The SMILES string of the molecule is Cc1ncc(-c2ccc3c(c2)c(C(=O)NC2CC2)nn3CC(=O)N2CC(C)CC2C(=O)Nc2nc(Br)ccc2C)cn1. The summed E-state index contributed by atoms with van der Waals surface area (Å²) in [6, 6.07) is 8.84. The number of carbonyl (C=O) groups is 3. The first-order valence-corrected chi connectivity index (χ1v) is 14.8. The lowest BCUT2D eigenvalue weighted by Crippen LogP contribution is -2.44. The van der Waals surface area contributed by atoms with Crippen LogP contribution >= 0.6 is 15.9 Å². The van der Waals surface area contributed by atoms with Crippen LogP contribution in [0, 0.1) is 19.8 Å². The van der Waals surface area contributed by atoms with Gasteiger partial charge < -0.3 is 15.5 Å². The van der Waals surface area contributed by atoms with Crippen LogP contribution in [0.5, 0.6) is 0 Å². The Kier molecular flexibility index (Phi) is 7.48. The standard InChI is InChI=1S/C30H31BrN8O3/c1-16-10-24(29(41)36-28-17(2)4-9-25(31)35-28)38(14-16)26(40)15-39-23-8-5-19(20-12-32-18(3)33-13-20)11-22(23)27(37-39)30(42)34-21-6-7-21/h4-5,8-9,11-13,16,21,24H,6-7,10,14-15H2,1-3H3,(H,34,42)(H,35,36,41). The summed E-state index contributed by atoms with van der Waals surface area (Å²) in [6.07, 6.45) is 5.92. The molecule has 4 heterocycles. The van der Waals surface area contributed by atoms with Gasteiger partial charge in [0.05, 0.1) is 5.52 Å². The highest BCUT2D eigenvalue weighted by Crippen LogP contribution is 2.29. The summed E-state index contributed by atoms with van der Waals surface area (Å²) in [4.78, 5) is 54.8. The van der Waals surface area contributed by atoms with Crippen molar-refractivity contribution in [1.82, 2.24) is 34.9 Å². The summed E-state index contributed by atoms with van der Waals surface area (Å²) < 4.78 is 2.17. The molecule has 0 radical (unpaired) electrons. The van der Waals surface area contributed by atoms with Gasteiger partial charge in [0.25, 0.3) is 5.91 Å². The number of carbonyl (C=O) groups excluding carboxylic acids is 3. The summed E-state index contributed by atoms with van der Waals surface area (Å²) >= 11 is 3.35. The van der Waals surface area contributed by atoms with E-state index in [0.29, 0.717) is 40.1 Å². The number of anilines is 1. The number of rotatable bonds is 7. The van der Waals surface area contributed by atoms with Crippen LogP contribution in [-0.2, 0) is 16.1 Å². The highest BCUT2D eigenvalue weighted by Gasteiger charge is 2.38. The highest BCUT2D eigenvalue weighted by molar-refractivity contribution is 9.10. The first-order valence-electron chi connectivity index (χ1n) is 14.0. The Hall–Kier alpha value is -4.19. The number of aryl methyl sites for hydroxylation is 2. The van der Waals surface area contributed by atoms with Crippen molar-refractivity contribution in [2.24, 2.45) is 5.92 Å². The molecule has 2 N–H and O–H groups in total. The van der Waals surface area contributed by atoms with E-state index in [-0.39, 0.29) is 41.9 Å². The largest absolute Gasteiger partial charge is 0.348 e. The van der Waals surface area contributed by atoms with E-state index in [1.54, 1.807) is 22.0 Å². The van der Waals surface area contributed by atoms with Crippen LogP contribution in [0.3, 0.4) is 0 Å². The van der Waals surface area contributed by atoms with Gasteiger partial charge in [-0.25, -0.2) is 15.0 Å². The van der Waals surface area contributed by atoms with Crippen LogP contribution in [0.25, 0.3) is 22.0 Å². The summed E-state index contributed by atoms with van der Waals surface area (Å²) in [7, 11) is 0. The Morgan fingerprint density at radius 2 is 1.81 bits per heavy atom. The van der Waals surface area contributed by atoms with Crippen molar-refractivity contribution in [3.8, 4) is 11.1 Å². The second-order valence-corrected chi connectivity index (χ2v) is 12.0. The van der Waals surface area contributed by atoms with Gasteiger partial charge in [-0.15, -0.1) is 0 Å². The molecule has 0 spiro atoms. The van der Waals surface area contributed by atoms with Gasteiger partial charge >= 0.3 is 0 Å². The van der Waals surface area contributed by atoms with Crippen LogP contribution in [0.1, 0.15) is 48.1 Å². The second kappa shape index (κ2) is 11.2. The Balaban J connectivity index is 1.28. The Morgan fingerprint density at radius 3 is 2.55 bits per heavy atom. The molecule has 42 heavy (non-hydrogen) atoms. The molecule has 2 fully saturated rings. The number of aromatic nitrogens is 5. The normalized spacial score (nSPS) is 18.3. The van der Waals surface area contributed by atoms with Crippen molar-refractivity contribution in [3.63, 3.8) is 0 Å². The summed E-state index contributed by atoms with van der Waals surface area (Å²) in [5.41, 5.74) is 3.40. The maximum atomic E-state index is 13.7. The van der Waals surface area contributed by atoms with Gasteiger partial charge in [0.15, 0.2) is 5.69 Å². The lowest BCUT2D eigenvalue weighted by Gasteiger charge is -2.24. The van der Waals surface area contributed by atoms with E-state index in [1.807, 2.05) is 51.1 Å². The highest BCUT2D eigenvalue weighted by atomic mass is 79.9. The van der Waals surface area contributed by atoms with Crippen molar-refractivity contribution < 1.29 is 14.4 Å². The minimum Gasteiger partial charge on any atom is -0.348 e. The van der Waals surface area contributed by atoms with Crippen LogP contribution in [0.2, 0.25) is 0 Å². The van der Waals surface area contributed by atoms with Gasteiger partial charge in [-0.1, -0.05) is 19.1 Å². The number of benzene rings is 1. The van der Waals surface area contributed by atoms with E-state index in [0.717, 1.165) is 29.5 Å². The van der Waals surface area contributed by atoms with E-state index < -0.39 is 6.04 Å². The zero-order chi connectivity index (χ0) is 29.5. The molecule has 11 nitrogen and oxygen atoms in total. The molecule has 3 aromatic heterocycles. The third kappa shape index (κ3) is 5.76. The maximum absolute atomic E-state index is 13.7. The third-order valence-electron chi connectivity index (χ3n) is 7.72. The number of nitrogens with one attached hydrogen (secondary N) is 2. The quantitative estimate of drug-likeness (QED) is 0.294. The minimum absolute atomic E-state index is 0.106. The molecule has 2 atom stereocenters. The predicted molar refractivity (Wildman–Crippen MR) is 161 cm³/mol. The summed E-state index contributed by atoms with van der Waals surface area (Å²) in [6.45, 7) is 6.06. The number of pyridine rings is 1.